The van der Waals surface area contributed by atoms with Gasteiger partial charge in [-0.15, -0.1) is 0 Å². The molecule has 0 atom stereocenters. The monoisotopic (exact) mass is 182 g/mol. The van der Waals surface area contributed by atoms with Crippen molar-refractivity contribution in [3.63, 3.8) is 0 Å². The van der Waals surface area contributed by atoms with Crippen LogP contribution in [-0.2, 0) is 0 Å². The van der Waals surface area contributed by atoms with Crippen molar-refractivity contribution in [2.45, 2.75) is 72.1 Å². The molecule has 0 radical (unpaired) electrons. The van der Waals surface area contributed by atoms with E-state index in [1.54, 1.807) is 0 Å². The quantitative estimate of drug-likeness (QED) is 0.587. The topological polar surface area (TPSA) is 0 Å². The molecule has 1 saturated carbocycles. The van der Waals surface area contributed by atoms with Crippen LogP contribution in [0.15, 0.2) is 0 Å². The van der Waals surface area contributed by atoms with Crippen molar-refractivity contribution in [3.05, 3.63) is 0 Å². The molecule has 0 N–H and O–H groups in total. The first kappa shape index (κ1) is 11.1. The molecule has 0 aromatic carbocycles. The summed E-state index contributed by atoms with van der Waals surface area (Å²) >= 11 is 0. The van der Waals surface area contributed by atoms with E-state index in [0.717, 1.165) is 5.92 Å². The van der Waals surface area contributed by atoms with Gasteiger partial charge in [0.05, 0.1) is 0 Å². The normalized spacial score (nSPS) is 34.8. The van der Waals surface area contributed by atoms with E-state index < -0.39 is 0 Å². The van der Waals surface area contributed by atoms with Crippen LogP contribution in [0.3, 0.4) is 0 Å². The van der Waals surface area contributed by atoms with Gasteiger partial charge in [-0.05, 0) is 43.4 Å². The molecule has 0 aromatic rings. The average molecular weight is 182 g/mol. The number of hydrogen-bond acceptors (Lipinski definition) is 0. The van der Waals surface area contributed by atoms with Gasteiger partial charge in [0.15, 0.2) is 0 Å². The minimum Gasteiger partial charge on any atom is -0.0654 e. The van der Waals surface area contributed by atoms with Crippen LogP contribution in [0.2, 0.25) is 0 Å². The Morgan fingerprint density at radius 1 is 1.08 bits per heavy atom. The Labute approximate surface area is 84.1 Å². The molecule has 0 aliphatic heterocycles. The van der Waals surface area contributed by atoms with E-state index in [1.165, 1.54) is 51.4 Å². The molecule has 0 spiro atoms. The molecular formula is C13H26. The third-order valence-electron chi connectivity index (χ3n) is 3.86. The third-order valence-corrected chi connectivity index (χ3v) is 3.86. The summed E-state index contributed by atoms with van der Waals surface area (Å²) in [4.78, 5) is 0. The molecule has 78 valence electrons. The van der Waals surface area contributed by atoms with Crippen LogP contribution in [0.5, 0.6) is 0 Å². The summed E-state index contributed by atoms with van der Waals surface area (Å²) in [5.41, 5.74) is 0.707. The lowest BCUT2D eigenvalue weighted by Crippen LogP contribution is -2.24. The van der Waals surface area contributed by atoms with Gasteiger partial charge in [-0.25, -0.2) is 0 Å². The van der Waals surface area contributed by atoms with Crippen LogP contribution >= 0.6 is 0 Å². The Bertz CT molecular complexity index is 129. The van der Waals surface area contributed by atoms with Crippen molar-refractivity contribution in [3.8, 4) is 0 Å². The van der Waals surface area contributed by atoms with Gasteiger partial charge in [0, 0.05) is 0 Å². The van der Waals surface area contributed by atoms with E-state index in [-0.39, 0.29) is 0 Å². The summed E-state index contributed by atoms with van der Waals surface area (Å²) in [5.74, 6) is 1.06. The fourth-order valence-corrected chi connectivity index (χ4v) is 2.92. The highest BCUT2D eigenvalue weighted by molar-refractivity contribution is 4.81. The predicted molar refractivity (Wildman–Crippen MR) is 59.9 cm³/mol. The van der Waals surface area contributed by atoms with Gasteiger partial charge >= 0.3 is 0 Å². The molecule has 1 aliphatic rings. The highest BCUT2D eigenvalue weighted by atomic mass is 14.3. The molecule has 13 heavy (non-hydrogen) atoms. The first-order chi connectivity index (χ1) is 6.20. The maximum atomic E-state index is 2.50. The van der Waals surface area contributed by atoms with E-state index >= 15 is 0 Å². The summed E-state index contributed by atoms with van der Waals surface area (Å²) < 4.78 is 0. The molecule has 1 rings (SSSR count). The maximum Gasteiger partial charge on any atom is -0.0326 e. The molecule has 1 fully saturated rings. The van der Waals surface area contributed by atoms with Crippen LogP contribution in [0.1, 0.15) is 72.1 Å². The summed E-state index contributed by atoms with van der Waals surface area (Å²) in [6, 6.07) is 0. The SMILES string of the molecule is CCCC1CCC(C)(CCC)CC1. The molecule has 0 unspecified atom stereocenters. The number of rotatable bonds is 4. The predicted octanol–water partition coefficient (Wildman–Crippen LogP) is 4.78. The average Bonchev–Trinajstić information content (AvgIpc) is 2.10. The van der Waals surface area contributed by atoms with Crippen molar-refractivity contribution < 1.29 is 0 Å². The van der Waals surface area contributed by atoms with Crippen LogP contribution < -0.4 is 0 Å². The van der Waals surface area contributed by atoms with Crippen LogP contribution in [0.25, 0.3) is 0 Å². The number of hydrogen-bond donors (Lipinski definition) is 0. The largest absolute Gasteiger partial charge is 0.0654 e. The molecule has 0 heteroatoms. The Kier molecular flexibility index (Phi) is 4.28. The van der Waals surface area contributed by atoms with Crippen molar-refractivity contribution in [2.24, 2.45) is 11.3 Å². The maximum absolute atomic E-state index is 2.50. The minimum absolute atomic E-state index is 0.707. The molecule has 0 nitrogen and oxygen atoms in total. The highest BCUT2D eigenvalue weighted by Crippen LogP contribution is 2.42. The lowest BCUT2D eigenvalue weighted by molar-refractivity contribution is 0.151. The fraction of sp³-hybridized carbons (Fsp3) is 1.00. The lowest BCUT2D eigenvalue weighted by atomic mass is 9.69. The smallest absolute Gasteiger partial charge is 0.0326 e. The van der Waals surface area contributed by atoms with Crippen LogP contribution in [0, 0.1) is 11.3 Å². The second-order valence-electron chi connectivity index (χ2n) is 5.29. The zero-order chi connectivity index (χ0) is 9.73. The molecule has 0 amide bonds. The summed E-state index contributed by atoms with van der Waals surface area (Å²) in [7, 11) is 0. The molecule has 0 aromatic heterocycles. The van der Waals surface area contributed by atoms with Gasteiger partial charge in [0.25, 0.3) is 0 Å². The standard InChI is InChI=1S/C13H26/c1-4-6-12-7-10-13(3,9-5-2)11-8-12/h12H,4-11H2,1-3H3. The first-order valence-corrected chi connectivity index (χ1v) is 6.20. The second-order valence-corrected chi connectivity index (χ2v) is 5.29. The Morgan fingerprint density at radius 2 is 1.69 bits per heavy atom. The zero-order valence-electron chi connectivity index (χ0n) is 9.73. The van der Waals surface area contributed by atoms with Gasteiger partial charge in [-0.3, -0.25) is 0 Å². The van der Waals surface area contributed by atoms with E-state index in [2.05, 4.69) is 20.8 Å². The third kappa shape index (κ3) is 3.32. The van der Waals surface area contributed by atoms with Gasteiger partial charge in [-0.2, -0.15) is 0 Å². The molecule has 0 saturated heterocycles. The Balaban J connectivity index is 2.28. The van der Waals surface area contributed by atoms with Gasteiger partial charge < -0.3 is 0 Å². The second kappa shape index (κ2) is 5.02. The summed E-state index contributed by atoms with van der Waals surface area (Å²) in [6.07, 6.45) is 11.7. The molecular weight excluding hydrogens is 156 g/mol. The van der Waals surface area contributed by atoms with E-state index in [0.29, 0.717) is 5.41 Å². The van der Waals surface area contributed by atoms with E-state index in [1.807, 2.05) is 0 Å². The van der Waals surface area contributed by atoms with Gasteiger partial charge in [-0.1, -0.05) is 40.0 Å². The fourth-order valence-electron chi connectivity index (χ4n) is 2.92. The minimum atomic E-state index is 0.707. The lowest BCUT2D eigenvalue weighted by Gasteiger charge is -2.37. The highest BCUT2D eigenvalue weighted by Gasteiger charge is 2.29. The van der Waals surface area contributed by atoms with Gasteiger partial charge in [0.1, 0.15) is 0 Å². The summed E-state index contributed by atoms with van der Waals surface area (Å²) in [5, 5.41) is 0. The van der Waals surface area contributed by atoms with Crippen LogP contribution in [0.4, 0.5) is 0 Å². The Hall–Kier alpha value is 0. The summed E-state index contributed by atoms with van der Waals surface area (Å²) in [6.45, 7) is 7.14. The van der Waals surface area contributed by atoms with Gasteiger partial charge in [0.2, 0.25) is 0 Å². The van der Waals surface area contributed by atoms with Crippen molar-refractivity contribution in [2.75, 3.05) is 0 Å². The van der Waals surface area contributed by atoms with Crippen molar-refractivity contribution in [1.29, 1.82) is 0 Å². The van der Waals surface area contributed by atoms with E-state index in [4.69, 9.17) is 0 Å². The van der Waals surface area contributed by atoms with E-state index in [9.17, 15) is 0 Å². The zero-order valence-corrected chi connectivity index (χ0v) is 9.73. The first-order valence-electron chi connectivity index (χ1n) is 6.20. The van der Waals surface area contributed by atoms with Crippen molar-refractivity contribution in [1.82, 2.24) is 0 Å². The van der Waals surface area contributed by atoms with Crippen LogP contribution in [-0.4, -0.2) is 0 Å². The molecule has 0 bridgehead atoms. The Morgan fingerprint density at radius 3 is 2.15 bits per heavy atom. The molecule has 1 aliphatic carbocycles. The molecule has 0 heterocycles. The van der Waals surface area contributed by atoms with Crippen molar-refractivity contribution >= 4 is 0 Å².